The summed E-state index contributed by atoms with van der Waals surface area (Å²) in [6.07, 6.45) is 3.11. The summed E-state index contributed by atoms with van der Waals surface area (Å²) in [6.45, 7) is 2.11. The Morgan fingerprint density at radius 3 is 2.43 bits per heavy atom. The molecule has 0 bridgehead atoms. The first-order chi connectivity index (χ1) is 6.80. The molecule has 0 unspecified atom stereocenters. The van der Waals surface area contributed by atoms with Crippen molar-refractivity contribution in [2.75, 3.05) is 13.0 Å². The zero-order chi connectivity index (χ0) is 10.4. The number of alkyl halides is 1. The predicted octanol–water partition coefficient (Wildman–Crippen LogP) is 3.73. The van der Waals surface area contributed by atoms with E-state index >= 15 is 0 Å². The van der Waals surface area contributed by atoms with Crippen molar-refractivity contribution in [2.24, 2.45) is 0 Å². The summed E-state index contributed by atoms with van der Waals surface area (Å²) in [5.74, 6) is 1.48. The van der Waals surface area contributed by atoms with Crippen LogP contribution in [-0.4, -0.2) is 13.0 Å². The molecule has 2 heteroatoms. The number of benzene rings is 1. The first-order valence-corrected chi connectivity index (χ1v) is 5.23. The maximum Gasteiger partial charge on any atom is 0.118 e. The molecule has 1 aromatic carbocycles. The van der Waals surface area contributed by atoms with Crippen LogP contribution < -0.4 is 4.74 Å². The van der Waals surface area contributed by atoms with Crippen molar-refractivity contribution >= 4 is 17.7 Å². The van der Waals surface area contributed by atoms with Gasteiger partial charge in [0.1, 0.15) is 5.75 Å². The number of hydrogen-bond donors (Lipinski definition) is 0. The third-order valence-electron chi connectivity index (χ3n) is 2.11. The molecule has 0 fully saturated rings. The fourth-order valence-corrected chi connectivity index (χ4v) is 1.44. The van der Waals surface area contributed by atoms with Crippen LogP contribution in [0.4, 0.5) is 0 Å². The molecular weight excluding hydrogens is 196 g/mol. The molecule has 0 spiro atoms. The smallest absolute Gasteiger partial charge is 0.118 e. The molecule has 0 saturated heterocycles. The van der Waals surface area contributed by atoms with Gasteiger partial charge in [0, 0.05) is 5.88 Å². The molecule has 0 heterocycles. The molecule has 0 amide bonds. The Morgan fingerprint density at radius 1 is 1.36 bits per heavy atom. The van der Waals surface area contributed by atoms with E-state index in [2.05, 4.69) is 13.0 Å². The lowest BCUT2D eigenvalue weighted by atomic mass is 10.1. The Kier molecular flexibility index (Phi) is 4.54. The summed E-state index contributed by atoms with van der Waals surface area (Å²) in [5.41, 5.74) is 2.42. The molecule has 0 N–H and O–H groups in total. The van der Waals surface area contributed by atoms with Crippen LogP contribution in [0.15, 0.2) is 29.8 Å². The van der Waals surface area contributed by atoms with Gasteiger partial charge < -0.3 is 4.74 Å². The van der Waals surface area contributed by atoms with Crippen LogP contribution in [0.3, 0.4) is 0 Å². The third kappa shape index (κ3) is 3.08. The van der Waals surface area contributed by atoms with Gasteiger partial charge in [0.2, 0.25) is 0 Å². The zero-order valence-corrected chi connectivity index (χ0v) is 9.34. The van der Waals surface area contributed by atoms with E-state index in [4.69, 9.17) is 16.3 Å². The van der Waals surface area contributed by atoms with Crippen molar-refractivity contribution in [1.82, 2.24) is 0 Å². The zero-order valence-electron chi connectivity index (χ0n) is 8.59. The van der Waals surface area contributed by atoms with Crippen molar-refractivity contribution in [2.45, 2.75) is 13.3 Å². The first-order valence-electron chi connectivity index (χ1n) is 4.69. The van der Waals surface area contributed by atoms with E-state index in [-0.39, 0.29) is 0 Å². The monoisotopic (exact) mass is 210 g/mol. The highest BCUT2D eigenvalue weighted by molar-refractivity contribution is 6.19. The summed E-state index contributed by atoms with van der Waals surface area (Å²) in [6, 6.07) is 7.96. The highest BCUT2D eigenvalue weighted by Crippen LogP contribution is 2.15. The van der Waals surface area contributed by atoms with Gasteiger partial charge in [-0.3, -0.25) is 0 Å². The van der Waals surface area contributed by atoms with Crippen LogP contribution in [0.25, 0.3) is 6.08 Å². The Hall–Kier alpha value is -0.950. The Morgan fingerprint density at radius 2 is 2.00 bits per heavy atom. The molecule has 0 aliphatic heterocycles. The van der Waals surface area contributed by atoms with Gasteiger partial charge in [0.05, 0.1) is 7.11 Å². The lowest BCUT2D eigenvalue weighted by Gasteiger charge is -2.01. The van der Waals surface area contributed by atoms with E-state index in [9.17, 15) is 0 Å². The number of ether oxygens (including phenoxy) is 1. The van der Waals surface area contributed by atoms with Gasteiger partial charge in [-0.15, -0.1) is 11.6 Å². The van der Waals surface area contributed by atoms with Crippen molar-refractivity contribution in [1.29, 1.82) is 0 Å². The van der Waals surface area contributed by atoms with Crippen LogP contribution in [-0.2, 0) is 0 Å². The third-order valence-corrected chi connectivity index (χ3v) is 2.46. The minimum Gasteiger partial charge on any atom is -0.497 e. The number of allylic oxidation sites excluding steroid dienone is 1. The number of rotatable bonds is 4. The van der Waals surface area contributed by atoms with E-state index in [1.54, 1.807) is 7.11 Å². The summed E-state index contributed by atoms with van der Waals surface area (Å²) < 4.78 is 5.08. The highest BCUT2D eigenvalue weighted by atomic mass is 35.5. The summed E-state index contributed by atoms with van der Waals surface area (Å²) >= 11 is 5.78. The van der Waals surface area contributed by atoms with E-state index in [1.165, 1.54) is 11.1 Å². The molecule has 1 aromatic rings. The summed E-state index contributed by atoms with van der Waals surface area (Å²) in [4.78, 5) is 0. The maximum absolute atomic E-state index is 5.78. The van der Waals surface area contributed by atoms with Crippen LogP contribution in [0, 0.1) is 0 Å². The SMILES string of the molecule is CCC(=Cc1ccc(OC)cc1)CCl. The Balaban J connectivity index is 2.81. The molecule has 1 rings (SSSR count). The largest absolute Gasteiger partial charge is 0.497 e. The van der Waals surface area contributed by atoms with Gasteiger partial charge >= 0.3 is 0 Å². The minimum atomic E-state index is 0.600. The van der Waals surface area contributed by atoms with Crippen molar-refractivity contribution in [3.63, 3.8) is 0 Å². The second-order valence-electron chi connectivity index (χ2n) is 3.06. The summed E-state index contributed by atoms with van der Waals surface area (Å²) in [5, 5.41) is 0. The van der Waals surface area contributed by atoms with Crippen molar-refractivity contribution in [3.05, 3.63) is 35.4 Å². The highest BCUT2D eigenvalue weighted by Gasteiger charge is 1.94. The van der Waals surface area contributed by atoms with Crippen LogP contribution >= 0.6 is 11.6 Å². The molecule has 0 radical (unpaired) electrons. The van der Waals surface area contributed by atoms with Crippen molar-refractivity contribution in [3.8, 4) is 5.75 Å². The van der Waals surface area contributed by atoms with E-state index in [1.807, 2.05) is 24.3 Å². The Labute approximate surface area is 90.3 Å². The molecule has 0 saturated carbocycles. The van der Waals surface area contributed by atoms with Gasteiger partial charge in [-0.1, -0.05) is 30.7 Å². The summed E-state index contributed by atoms with van der Waals surface area (Å²) in [7, 11) is 1.67. The van der Waals surface area contributed by atoms with Crippen molar-refractivity contribution < 1.29 is 4.74 Å². The molecule has 1 nitrogen and oxygen atoms in total. The normalized spacial score (nSPS) is 11.5. The number of halogens is 1. The average Bonchev–Trinajstić information content (AvgIpc) is 2.26. The van der Waals surface area contributed by atoms with Crippen LogP contribution in [0.2, 0.25) is 0 Å². The Bertz CT molecular complexity index is 295. The first kappa shape index (κ1) is 11.1. The van der Waals surface area contributed by atoms with Gasteiger partial charge in [-0.2, -0.15) is 0 Å². The second-order valence-corrected chi connectivity index (χ2v) is 3.33. The van der Waals surface area contributed by atoms with E-state index in [0.717, 1.165) is 12.2 Å². The maximum atomic E-state index is 5.78. The topological polar surface area (TPSA) is 9.23 Å². The average molecular weight is 211 g/mol. The van der Waals surface area contributed by atoms with E-state index in [0.29, 0.717) is 5.88 Å². The van der Waals surface area contributed by atoms with Gasteiger partial charge in [-0.25, -0.2) is 0 Å². The van der Waals surface area contributed by atoms with Crippen LogP contribution in [0.5, 0.6) is 5.75 Å². The standard InChI is InChI=1S/C12H15ClO/c1-3-10(9-13)8-11-4-6-12(14-2)7-5-11/h4-8H,3,9H2,1-2H3. The van der Waals surface area contributed by atoms with Crippen LogP contribution in [0.1, 0.15) is 18.9 Å². The minimum absolute atomic E-state index is 0.600. The van der Waals surface area contributed by atoms with Gasteiger partial charge in [-0.05, 0) is 24.1 Å². The molecule has 0 aliphatic carbocycles. The fourth-order valence-electron chi connectivity index (χ4n) is 1.17. The molecule has 0 aromatic heterocycles. The molecular formula is C12H15ClO. The number of methoxy groups -OCH3 is 1. The molecule has 0 aliphatic rings. The fraction of sp³-hybridized carbons (Fsp3) is 0.333. The molecule has 0 atom stereocenters. The molecule has 14 heavy (non-hydrogen) atoms. The van der Waals surface area contributed by atoms with Gasteiger partial charge in [0.25, 0.3) is 0 Å². The number of hydrogen-bond acceptors (Lipinski definition) is 1. The molecule has 76 valence electrons. The van der Waals surface area contributed by atoms with E-state index < -0.39 is 0 Å². The lowest BCUT2D eigenvalue weighted by Crippen LogP contribution is -1.84. The second kappa shape index (κ2) is 5.71. The van der Waals surface area contributed by atoms with Gasteiger partial charge in [0.15, 0.2) is 0 Å². The quantitative estimate of drug-likeness (QED) is 0.689. The lowest BCUT2D eigenvalue weighted by molar-refractivity contribution is 0.415. The predicted molar refractivity (Wildman–Crippen MR) is 62.0 cm³/mol.